The van der Waals surface area contributed by atoms with Gasteiger partial charge in [0.15, 0.2) is 6.10 Å². The maximum absolute atomic E-state index is 13.6. The van der Waals surface area contributed by atoms with E-state index in [9.17, 15) is 14.4 Å². The number of hydrogen-bond acceptors (Lipinski definition) is 8. The van der Waals surface area contributed by atoms with Crippen LogP contribution in [0.15, 0.2) is 71.9 Å². The summed E-state index contributed by atoms with van der Waals surface area (Å²) in [6.07, 6.45) is -0.698. The summed E-state index contributed by atoms with van der Waals surface area (Å²) in [4.78, 5) is 39.4. The number of nitrogens with zero attached hydrogens (tertiary/aromatic N) is 1. The molecule has 2 aliphatic heterocycles. The minimum absolute atomic E-state index is 0.0487. The highest BCUT2D eigenvalue weighted by atomic mass is 32.2. The van der Waals surface area contributed by atoms with Crippen molar-refractivity contribution in [2.75, 3.05) is 19.0 Å². The summed E-state index contributed by atoms with van der Waals surface area (Å²) >= 11 is 1.35. The minimum atomic E-state index is -1.52. The number of benzene rings is 2. The molecule has 0 saturated carbocycles. The zero-order chi connectivity index (χ0) is 24.3. The highest BCUT2D eigenvalue weighted by Gasteiger charge is 2.64. The van der Waals surface area contributed by atoms with Crippen LogP contribution in [0.5, 0.6) is 0 Å². The molecule has 2 aliphatic rings. The molecule has 2 heterocycles. The summed E-state index contributed by atoms with van der Waals surface area (Å²) in [6, 6.07) is 18.7. The Morgan fingerprint density at radius 3 is 2.24 bits per heavy atom. The van der Waals surface area contributed by atoms with Crippen LogP contribution in [0.3, 0.4) is 0 Å². The molecular weight excluding hydrogens is 456 g/mol. The molecule has 178 valence electrons. The molecule has 1 saturated heterocycles. The fraction of sp³-hybridized carbons (Fsp3) is 0.320. The van der Waals surface area contributed by atoms with E-state index in [0.29, 0.717) is 11.3 Å². The average molecular weight is 483 g/mol. The molecule has 0 spiro atoms. The summed E-state index contributed by atoms with van der Waals surface area (Å²) < 4.78 is 16.7. The van der Waals surface area contributed by atoms with Gasteiger partial charge in [0.1, 0.15) is 17.7 Å². The van der Waals surface area contributed by atoms with Crippen molar-refractivity contribution in [1.29, 1.82) is 0 Å². The molecular formula is C25H26N2O6S. The number of carbonyl (C=O) groups excluding carboxylic acids is 3. The Morgan fingerprint density at radius 1 is 1.12 bits per heavy atom. The van der Waals surface area contributed by atoms with Gasteiger partial charge in [-0.1, -0.05) is 60.7 Å². The van der Waals surface area contributed by atoms with Crippen molar-refractivity contribution in [3.05, 3.63) is 83.1 Å². The van der Waals surface area contributed by atoms with Gasteiger partial charge >= 0.3 is 11.9 Å². The third-order valence-corrected chi connectivity index (χ3v) is 6.99. The van der Waals surface area contributed by atoms with Gasteiger partial charge in [0, 0.05) is 24.9 Å². The van der Waals surface area contributed by atoms with Gasteiger partial charge in [0.05, 0.1) is 0 Å². The summed E-state index contributed by atoms with van der Waals surface area (Å²) in [7, 11) is 0. The van der Waals surface area contributed by atoms with E-state index in [4.69, 9.17) is 19.9 Å². The first kappa shape index (κ1) is 24.0. The van der Waals surface area contributed by atoms with E-state index < -0.39 is 35.0 Å². The molecule has 2 aromatic carbocycles. The first-order valence-electron chi connectivity index (χ1n) is 10.9. The van der Waals surface area contributed by atoms with Crippen LogP contribution >= 0.6 is 11.8 Å². The number of nitrogens with two attached hydrogens (primary N) is 1. The standard InChI is InChI=1S/C25H26N2O6S/c1-3-32-25(26)23(30)27-20(19(14-31-16(2)28)15-34-24(25)27)22(29)33-21(17-10-6-4-7-11-17)18-12-8-5-9-13-18/h4-13,21,24H,3,14-15,26H2,1-2H3/t24-,25-/m1/s1. The SMILES string of the molecule is CCO[C@]1(N)C(=O)N2C(C(=O)OC(c3ccccc3)c3ccccc3)=C(COC(C)=O)CS[C@@H]21. The number of ether oxygens (including phenoxy) is 3. The predicted molar refractivity (Wildman–Crippen MR) is 126 cm³/mol. The lowest BCUT2D eigenvalue weighted by Crippen LogP contribution is -2.79. The van der Waals surface area contributed by atoms with Crippen molar-refractivity contribution in [2.24, 2.45) is 5.73 Å². The van der Waals surface area contributed by atoms with Crippen molar-refractivity contribution in [3.63, 3.8) is 0 Å². The molecule has 2 aromatic rings. The van der Waals surface area contributed by atoms with E-state index in [1.54, 1.807) is 6.92 Å². The molecule has 0 bridgehead atoms. The first-order chi connectivity index (χ1) is 16.4. The normalized spacial score (nSPS) is 21.7. The van der Waals surface area contributed by atoms with E-state index in [1.807, 2.05) is 60.7 Å². The minimum Gasteiger partial charge on any atom is -0.461 e. The van der Waals surface area contributed by atoms with Crippen LogP contribution in [0.25, 0.3) is 0 Å². The summed E-state index contributed by atoms with van der Waals surface area (Å²) in [5, 5.41) is -0.588. The van der Waals surface area contributed by atoms with Gasteiger partial charge in [-0.05, 0) is 18.1 Å². The Hall–Kier alpha value is -3.14. The van der Waals surface area contributed by atoms with Gasteiger partial charge in [0.2, 0.25) is 5.72 Å². The molecule has 1 fully saturated rings. The second kappa shape index (κ2) is 10.0. The van der Waals surface area contributed by atoms with Crippen molar-refractivity contribution < 1.29 is 28.6 Å². The number of carbonyl (C=O) groups is 3. The molecule has 9 heteroatoms. The lowest BCUT2D eigenvalue weighted by molar-refractivity contribution is -0.188. The molecule has 0 aromatic heterocycles. The first-order valence-corrected chi connectivity index (χ1v) is 12.0. The highest BCUT2D eigenvalue weighted by molar-refractivity contribution is 8.00. The van der Waals surface area contributed by atoms with Gasteiger partial charge in [-0.15, -0.1) is 11.8 Å². The monoisotopic (exact) mass is 482 g/mol. The number of amides is 1. The Morgan fingerprint density at radius 2 is 1.71 bits per heavy atom. The number of fused-ring (bicyclic) bond motifs is 1. The maximum atomic E-state index is 13.6. The highest BCUT2D eigenvalue weighted by Crippen LogP contribution is 2.46. The Balaban J connectivity index is 1.69. The summed E-state index contributed by atoms with van der Waals surface area (Å²) in [6.45, 7) is 3.16. The predicted octanol–water partition coefficient (Wildman–Crippen LogP) is 2.74. The van der Waals surface area contributed by atoms with Crippen LogP contribution in [0, 0.1) is 0 Å². The number of hydrogen-bond donors (Lipinski definition) is 1. The van der Waals surface area contributed by atoms with Crippen molar-refractivity contribution in [3.8, 4) is 0 Å². The second-order valence-corrected chi connectivity index (χ2v) is 8.97. The van der Waals surface area contributed by atoms with Crippen molar-refractivity contribution in [2.45, 2.75) is 31.1 Å². The van der Waals surface area contributed by atoms with Crippen LogP contribution in [0.2, 0.25) is 0 Å². The molecule has 8 nitrogen and oxygen atoms in total. The molecule has 2 atom stereocenters. The van der Waals surface area contributed by atoms with Crippen LogP contribution < -0.4 is 5.73 Å². The van der Waals surface area contributed by atoms with Crippen molar-refractivity contribution in [1.82, 2.24) is 4.90 Å². The van der Waals surface area contributed by atoms with E-state index in [0.717, 1.165) is 11.1 Å². The summed E-state index contributed by atoms with van der Waals surface area (Å²) in [5.74, 6) is -1.39. The van der Waals surface area contributed by atoms with Gasteiger partial charge in [0.25, 0.3) is 5.91 Å². The lowest BCUT2D eigenvalue weighted by Gasteiger charge is -2.54. The Kier molecular flexibility index (Phi) is 7.06. The fourth-order valence-electron chi connectivity index (χ4n) is 4.02. The number of thioether (sulfide) groups is 1. The smallest absolute Gasteiger partial charge is 0.356 e. The van der Waals surface area contributed by atoms with Gasteiger partial charge in [-0.2, -0.15) is 0 Å². The zero-order valence-corrected chi connectivity index (χ0v) is 19.7. The van der Waals surface area contributed by atoms with E-state index in [-0.39, 0.29) is 18.9 Å². The quantitative estimate of drug-likeness (QED) is 0.348. The van der Waals surface area contributed by atoms with Gasteiger partial charge < -0.3 is 14.2 Å². The Labute approximate surface area is 202 Å². The van der Waals surface area contributed by atoms with Crippen molar-refractivity contribution >= 4 is 29.6 Å². The van der Waals surface area contributed by atoms with Crippen LogP contribution in [-0.2, 0) is 28.6 Å². The number of β-lactam (4-membered cyclic amide) rings is 1. The third kappa shape index (κ3) is 4.46. The maximum Gasteiger partial charge on any atom is 0.356 e. The number of esters is 2. The van der Waals surface area contributed by atoms with Gasteiger partial charge in [-0.25, -0.2) is 4.79 Å². The number of rotatable bonds is 8. The summed E-state index contributed by atoms with van der Waals surface area (Å²) in [5.41, 5.74) is 6.80. The molecule has 34 heavy (non-hydrogen) atoms. The second-order valence-electron chi connectivity index (χ2n) is 7.90. The molecule has 0 aliphatic carbocycles. The molecule has 0 radical (unpaired) electrons. The lowest BCUT2D eigenvalue weighted by atomic mass is 9.99. The third-order valence-electron chi connectivity index (χ3n) is 5.60. The van der Waals surface area contributed by atoms with Crippen LogP contribution in [-0.4, -0.2) is 52.8 Å². The topological polar surface area (TPSA) is 108 Å². The molecule has 0 unspecified atom stereocenters. The van der Waals surface area contributed by atoms with Gasteiger partial charge in [-0.3, -0.25) is 20.2 Å². The molecule has 4 rings (SSSR count). The average Bonchev–Trinajstić information content (AvgIpc) is 2.86. The Bertz CT molecular complexity index is 1070. The molecule has 2 N–H and O–H groups in total. The largest absolute Gasteiger partial charge is 0.461 e. The zero-order valence-electron chi connectivity index (χ0n) is 18.9. The fourth-order valence-corrected chi connectivity index (χ4v) is 5.37. The van der Waals surface area contributed by atoms with E-state index >= 15 is 0 Å². The van der Waals surface area contributed by atoms with Crippen LogP contribution in [0.1, 0.15) is 31.1 Å². The van der Waals surface area contributed by atoms with E-state index in [1.165, 1.54) is 23.6 Å². The van der Waals surface area contributed by atoms with E-state index in [2.05, 4.69) is 0 Å². The van der Waals surface area contributed by atoms with Crippen LogP contribution in [0.4, 0.5) is 0 Å². The molecule has 1 amide bonds.